The number of hydrogen-bond donors (Lipinski definition) is 3. The van der Waals surface area contributed by atoms with Gasteiger partial charge in [0.1, 0.15) is 11.5 Å². The van der Waals surface area contributed by atoms with E-state index in [1.165, 1.54) is 37.4 Å². The van der Waals surface area contributed by atoms with Crippen molar-refractivity contribution >= 4 is 39.5 Å². The molecule has 0 saturated heterocycles. The van der Waals surface area contributed by atoms with Gasteiger partial charge in [0.25, 0.3) is 0 Å². The van der Waals surface area contributed by atoms with Crippen molar-refractivity contribution in [3.05, 3.63) is 48.0 Å². The van der Waals surface area contributed by atoms with Crippen LogP contribution in [0.5, 0.6) is 5.75 Å². The van der Waals surface area contributed by atoms with Crippen molar-refractivity contribution in [2.24, 2.45) is 10.7 Å². The van der Waals surface area contributed by atoms with Crippen LogP contribution < -0.4 is 20.6 Å². The third-order valence-corrected chi connectivity index (χ3v) is 4.90. The molecule has 0 heterocycles. The lowest BCUT2D eigenvalue weighted by Gasteiger charge is -2.15. The zero-order valence-corrected chi connectivity index (χ0v) is 17.9. The zero-order chi connectivity index (χ0) is 23.0. The minimum Gasteiger partial charge on any atom is -0.451 e. The van der Waals surface area contributed by atoms with Gasteiger partial charge in [0.05, 0.1) is 12.8 Å². The Morgan fingerprint density at radius 2 is 1.84 bits per heavy atom. The number of rotatable bonds is 7. The Morgan fingerprint density at radius 1 is 1.10 bits per heavy atom. The van der Waals surface area contributed by atoms with Crippen LogP contribution in [-0.4, -0.2) is 47.2 Å². The summed E-state index contributed by atoms with van der Waals surface area (Å²) in [6.45, 7) is 1.49. The summed E-state index contributed by atoms with van der Waals surface area (Å²) in [6, 6.07) is 10.3. The minimum atomic E-state index is -4.22. The highest BCUT2D eigenvalue weighted by Gasteiger charge is 2.20. The normalized spacial score (nSPS) is 11.5. The second-order valence-corrected chi connectivity index (χ2v) is 7.68. The molecule has 11 nitrogen and oxygen atoms in total. The maximum atomic E-state index is 12.7. The number of aryl methyl sites for hydroxylation is 1. The Hall–Kier alpha value is -3.64. The average Bonchev–Trinajstić information content (AvgIpc) is 2.69. The molecule has 0 aliphatic rings. The third-order valence-electron chi connectivity index (χ3n) is 3.67. The summed E-state index contributed by atoms with van der Waals surface area (Å²) in [5.41, 5.74) is 6.66. The van der Waals surface area contributed by atoms with Gasteiger partial charge >= 0.3 is 16.2 Å². The predicted molar refractivity (Wildman–Crippen MR) is 114 cm³/mol. The van der Waals surface area contributed by atoms with Gasteiger partial charge in [-0.2, -0.15) is 8.42 Å². The van der Waals surface area contributed by atoms with Crippen LogP contribution in [0.3, 0.4) is 0 Å². The number of nitrogens with one attached hydrogen (secondary N) is 2. The Labute approximate surface area is 179 Å². The van der Waals surface area contributed by atoms with E-state index in [2.05, 4.69) is 20.4 Å². The van der Waals surface area contributed by atoms with Gasteiger partial charge in [-0.25, -0.2) is 4.79 Å². The highest BCUT2D eigenvalue weighted by molar-refractivity contribution is 7.87. The number of carbonyl (C=O) groups is 2. The van der Waals surface area contributed by atoms with Gasteiger partial charge in [-0.1, -0.05) is 12.1 Å². The molecule has 2 rings (SSSR count). The molecule has 2 aromatic carbocycles. The molecule has 12 heteroatoms. The van der Waals surface area contributed by atoms with E-state index in [4.69, 9.17) is 14.7 Å². The van der Waals surface area contributed by atoms with Crippen LogP contribution in [0, 0.1) is 6.92 Å². The Bertz CT molecular complexity index is 1100. The highest BCUT2D eigenvalue weighted by Crippen LogP contribution is 2.31. The summed E-state index contributed by atoms with van der Waals surface area (Å²) >= 11 is 0. The number of nitrogens with two attached hydrogens (primary N) is 1. The van der Waals surface area contributed by atoms with Crippen LogP contribution in [0.15, 0.2) is 52.4 Å². The molecule has 0 atom stereocenters. The number of aliphatic imine (C=N–C) groups is 1. The summed E-state index contributed by atoms with van der Waals surface area (Å²) in [6.07, 6.45) is -0.924. The van der Waals surface area contributed by atoms with Crippen LogP contribution in [0.1, 0.15) is 5.56 Å². The Balaban J connectivity index is 2.41. The summed E-state index contributed by atoms with van der Waals surface area (Å²) in [5.74, 6) is -1.01. The zero-order valence-electron chi connectivity index (χ0n) is 17.0. The Morgan fingerprint density at radius 3 is 2.48 bits per heavy atom. The number of carbonyl (C=O) groups excluding carboxylic acids is 2. The summed E-state index contributed by atoms with van der Waals surface area (Å²) in [7, 11) is -1.74. The standard InChI is InChI=1S/C19H22N4O7S/c1-12-5-4-6-14(9-12)31(26,27)30-16-10-13(21-18(20)23-19(25)29-3)7-8-15(16)22-17(24)11-28-2/h4-10H,11H2,1-3H3,(H,22,24)(H3,20,21,23,25). The van der Waals surface area contributed by atoms with Crippen LogP contribution in [-0.2, 0) is 24.4 Å². The number of benzene rings is 2. The second-order valence-electron chi connectivity index (χ2n) is 6.14. The molecule has 0 aromatic heterocycles. The molecule has 0 aliphatic carbocycles. The molecule has 2 aromatic rings. The van der Waals surface area contributed by atoms with Gasteiger partial charge < -0.3 is 30.0 Å². The maximum Gasteiger partial charge on any atom is 0.436 e. The topological polar surface area (TPSA) is 158 Å². The van der Waals surface area contributed by atoms with Crippen molar-refractivity contribution < 1.29 is 31.7 Å². The van der Waals surface area contributed by atoms with Gasteiger partial charge in [0.2, 0.25) is 11.9 Å². The average molecular weight is 450 g/mol. The molecule has 0 bridgehead atoms. The minimum absolute atomic E-state index is 0.0632. The fraction of sp³-hybridized carbons (Fsp3) is 0.211. The Kier molecular flexibility index (Phi) is 7.94. The van der Waals surface area contributed by atoms with Crippen molar-refractivity contribution in [3.63, 3.8) is 0 Å². The molecule has 0 unspecified atom stereocenters. The van der Waals surface area contributed by atoms with Crippen LogP contribution in [0.4, 0.5) is 16.2 Å². The highest BCUT2D eigenvalue weighted by atomic mass is 32.2. The molecule has 0 fully saturated rings. The van der Waals surface area contributed by atoms with E-state index in [9.17, 15) is 18.0 Å². The lowest BCUT2D eigenvalue weighted by Crippen LogP contribution is -2.24. The van der Waals surface area contributed by atoms with Crippen molar-refractivity contribution in [1.82, 2.24) is 0 Å². The van der Waals surface area contributed by atoms with Gasteiger partial charge in [0.15, 0.2) is 5.75 Å². The summed E-state index contributed by atoms with van der Waals surface area (Å²) < 4.78 is 39.9. The molecule has 0 saturated carbocycles. The first-order chi connectivity index (χ1) is 14.6. The predicted octanol–water partition coefficient (Wildman–Crippen LogP) is 1.84. The van der Waals surface area contributed by atoms with E-state index in [0.717, 1.165) is 12.7 Å². The van der Waals surface area contributed by atoms with Gasteiger partial charge in [-0.3, -0.25) is 4.79 Å². The number of ether oxygens (including phenoxy) is 2. The number of nitrogens with zero attached hydrogens (tertiary/aromatic N) is 1. The van der Waals surface area contributed by atoms with E-state index >= 15 is 0 Å². The van der Waals surface area contributed by atoms with Crippen LogP contribution in [0.2, 0.25) is 0 Å². The molecule has 31 heavy (non-hydrogen) atoms. The first-order valence-electron chi connectivity index (χ1n) is 8.77. The lowest BCUT2D eigenvalue weighted by atomic mass is 10.2. The van der Waals surface area contributed by atoms with Gasteiger partial charge in [-0.05, 0) is 36.8 Å². The molecule has 4 N–H and O–H groups in total. The van der Waals surface area contributed by atoms with Crippen molar-refractivity contribution in [1.29, 1.82) is 0 Å². The largest absolute Gasteiger partial charge is 0.451 e. The van der Waals surface area contributed by atoms with E-state index in [0.29, 0.717) is 0 Å². The quantitative estimate of drug-likeness (QED) is 0.325. The molecule has 0 aliphatic heterocycles. The third kappa shape index (κ3) is 6.97. The maximum absolute atomic E-state index is 12.7. The van der Waals surface area contributed by atoms with Crippen molar-refractivity contribution in [3.8, 4) is 5.75 Å². The van der Waals surface area contributed by atoms with Crippen LogP contribution >= 0.6 is 0 Å². The van der Waals surface area contributed by atoms with E-state index < -0.39 is 22.1 Å². The molecule has 166 valence electrons. The number of guanidine groups is 1. The lowest BCUT2D eigenvalue weighted by molar-refractivity contribution is -0.119. The molecule has 0 spiro atoms. The van der Waals surface area contributed by atoms with Crippen molar-refractivity contribution in [2.45, 2.75) is 11.8 Å². The molecular weight excluding hydrogens is 428 g/mol. The van der Waals surface area contributed by atoms with Crippen LogP contribution in [0.25, 0.3) is 0 Å². The number of amides is 2. The fourth-order valence-electron chi connectivity index (χ4n) is 2.35. The van der Waals surface area contributed by atoms with Gasteiger partial charge in [0, 0.05) is 18.9 Å². The second kappa shape index (κ2) is 10.4. The number of hydrogen-bond acceptors (Lipinski definition) is 7. The smallest absolute Gasteiger partial charge is 0.436 e. The SMILES string of the molecule is COCC(=O)Nc1ccc(NC(N)=NC(=O)OC)cc1OS(=O)(=O)c1cccc(C)c1. The van der Waals surface area contributed by atoms with Crippen molar-refractivity contribution in [2.75, 3.05) is 31.5 Å². The summed E-state index contributed by atoms with van der Waals surface area (Å²) in [4.78, 5) is 26.5. The first kappa shape index (κ1) is 23.6. The van der Waals surface area contributed by atoms with E-state index in [1.54, 1.807) is 19.1 Å². The number of methoxy groups -OCH3 is 2. The van der Waals surface area contributed by atoms with Gasteiger partial charge in [-0.15, -0.1) is 4.99 Å². The number of anilines is 2. The molecule has 0 radical (unpaired) electrons. The fourth-order valence-corrected chi connectivity index (χ4v) is 3.39. The first-order valence-corrected chi connectivity index (χ1v) is 10.2. The molecule has 2 amide bonds. The monoisotopic (exact) mass is 450 g/mol. The van der Waals surface area contributed by atoms with E-state index in [-0.39, 0.29) is 34.6 Å². The summed E-state index contributed by atoms with van der Waals surface area (Å²) in [5, 5.41) is 5.10. The van der Waals surface area contributed by atoms with E-state index in [1.807, 2.05) is 0 Å². The molecular formula is C19H22N4O7S.